The smallest absolute Gasteiger partial charge is 0.312 e. The van der Waals surface area contributed by atoms with Gasteiger partial charge in [0.1, 0.15) is 6.54 Å². The summed E-state index contributed by atoms with van der Waals surface area (Å²) in [7, 11) is -1.89. The molecular weight excluding hydrogens is 534 g/mol. The molecule has 3 amide bonds. The van der Waals surface area contributed by atoms with Crippen LogP contribution in [0.5, 0.6) is 0 Å². The molecule has 0 saturated carbocycles. The number of nitrogens with two attached hydrogens (primary N) is 1. The number of amides is 3. The second-order valence-electron chi connectivity index (χ2n) is 10.1. The molecule has 39 heavy (non-hydrogen) atoms. The van der Waals surface area contributed by atoms with Crippen molar-refractivity contribution < 1.29 is 18.9 Å². The molecule has 1 aliphatic carbocycles. The van der Waals surface area contributed by atoms with Gasteiger partial charge in [-0.15, -0.1) is 0 Å². The van der Waals surface area contributed by atoms with Crippen LogP contribution in [0, 0.1) is 0 Å². The zero-order valence-corrected chi connectivity index (χ0v) is 24.2. The van der Waals surface area contributed by atoms with Gasteiger partial charge in [0.25, 0.3) is 0 Å². The van der Waals surface area contributed by atoms with Gasteiger partial charge >= 0.3 is 11.8 Å². The van der Waals surface area contributed by atoms with Gasteiger partial charge in [-0.25, -0.2) is 0 Å². The van der Waals surface area contributed by atoms with Gasteiger partial charge in [-0.05, 0) is 66.1 Å². The molecule has 3 atom stereocenters. The summed E-state index contributed by atoms with van der Waals surface area (Å²) in [5.74, 6) is -0.899. The Morgan fingerprint density at radius 3 is 2.46 bits per heavy atom. The Morgan fingerprint density at radius 2 is 1.82 bits per heavy atom. The minimum atomic E-state index is -1.89. The maximum absolute atomic E-state index is 13.1. The second-order valence-corrected chi connectivity index (χ2v) is 13.5. The lowest BCUT2D eigenvalue weighted by Crippen LogP contribution is -2.58. The average molecular weight is 574 g/mol. The zero-order valence-electron chi connectivity index (χ0n) is 22.5. The first kappa shape index (κ1) is 29.3. The van der Waals surface area contributed by atoms with Crippen LogP contribution in [0.4, 0.5) is 5.69 Å². The second kappa shape index (κ2) is 13.1. The fraction of sp³-hybridized carbons (Fsp3) is 0.464. The average Bonchev–Trinajstić information content (AvgIpc) is 3.67. The van der Waals surface area contributed by atoms with Crippen LogP contribution >= 0.6 is 21.4 Å². The van der Waals surface area contributed by atoms with Crippen LogP contribution in [0.2, 0.25) is 0 Å². The normalized spacial score (nSPS) is 20.4. The Morgan fingerprint density at radius 1 is 1.13 bits per heavy atom. The van der Waals surface area contributed by atoms with E-state index in [1.165, 1.54) is 15.4 Å². The van der Waals surface area contributed by atoms with Crippen molar-refractivity contribution in [2.24, 2.45) is 5.73 Å². The van der Waals surface area contributed by atoms with Crippen LogP contribution in [0.25, 0.3) is 0 Å². The Bertz CT molecular complexity index is 1250. The Labute approximate surface area is 235 Å². The minimum Gasteiger partial charge on any atom is -0.350 e. The highest BCUT2D eigenvalue weighted by atomic mass is 32.2. The molecule has 212 valence electrons. The molecule has 2 aliphatic heterocycles. The summed E-state index contributed by atoms with van der Waals surface area (Å²) in [6, 6.07) is 7.02. The number of nitrogens with zero attached hydrogens (tertiary/aromatic N) is 2. The monoisotopic (exact) mass is 573 g/mol. The summed E-state index contributed by atoms with van der Waals surface area (Å²) >= 11 is 1.76. The molecule has 2 heterocycles. The van der Waals surface area contributed by atoms with Gasteiger partial charge in [-0.2, -0.15) is 11.8 Å². The van der Waals surface area contributed by atoms with Crippen molar-refractivity contribution in [2.45, 2.75) is 50.4 Å². The quantitative estimate of drug-likeness (QED) is 0.211. The third-order valence-electron chi connectivity index (χ3n) is 7.09. The highest BCUT2D eigenvalue weighted by Crippen LogP contribution is 2.28. The van der Waals surface area contributed by atoms with E-state index in [4.69, 9.17) is 5.73 Å². The van der Waals surface area contributed by atoms with E-state index < -0.39 is 21.5 Å². The Kier molecular flexibility index (Phi) is 9.81. The predicted octanol–water partition coefficient (Wildman–Crippen LogP) is 2.35. The van der Waals surface area contributed by atoms with Crippen LogP contribution in [-0.4, -0.2) is 92.1 Å². The summed E-state index contributed by atoms with van der Waals surface area (Å²) in [6.45, 7) is 5.04. The number of carbonyl (C=O) groups is 3. The van der Waals surface area contributed by atoms with E-state index in [1.807, 2.05) is 31.2 Å². The van der Waals surface area contributed by atoms with Gasteiger partial charge in [0, 0.05) is 59.1 Å². The number of likely N-dealkylation sites (N-methyl/N-ethyl adjacent to an activating group) is 1. The number of benzene rings is 1. The first-order valence-electron chi connectivity index (χ1n) is 13.4. The van der Waals surface area contributed by atoms with Crippen molar-refractivity contribution in [1.82, 2.24) is 15.1 Å². The number of rotatable bonds is 13. The number of piperazine rings is 1. The summed E-state index contributed by atoms with van der Waals surface area (Å²) in [5.41, 5.74) is 9.77. The summed E-state index contributed by atoms with van der Waals surface area (Å²) in [6.07, 6.45) is 9.27. The molecule has 0 radical (unpaired) electrons. The number of anilines is 1. The van der Waals surface area contributed by atoms with E-state index in [-0.39, 0.29) is 29.8 Å². The van der Waals surface area contributed by atoms with E-state index in [0.717, 1.165) is 24.1 Å². The van der Waals surface area contributed by atoms with Crippen molar-refractivity contribution in [3.8, 4) is 0 Å². The number of thioether (sulfide) groups is 1. The number of allylic oxidation sites excluding steroid dienone is 3. The topological polar surface area (TPSA) is 128 Å². The predicted molar refractivity (Wildman–Crippen MR) is 163 cm³/mol. The summed E-state index contributed by atoms with van der Waals surface area (Å²) < 4.78 is 13.2. The Balaban J connectivity index is 1.40. The van der Waals surface area contributed by atoms with Crippen LogP contribution in [0.15, 0.2) is 48.1 Å². The van der Waals surface area contributed by atoms with Crippen LogP contribution in [-0.2, 0) is 20.8 Å². The molecule has 0 spiro atoms. The molecule has 1 aromatic rings. The summed E-state index contributed by atoms with van der Waals surface area (Å²) in [5, 5.41) is 6.85. The van der Waals surface area contributed by atoms with Crippen molar-refractivity contribution in [3.63, 3.8) is 0 Å². The molecular formula is C28H39N5O4S2. The van der Waals surface area contributed by atoms with Gasteiger partial charge < -0.3 is 30.1 Å². The van der Waals surface area contributed by atoms with E-state index in [2.05, 4.69) is 35.2 Å². The number of hydrogen-bond donors (Lipinski definition) is 4. The van der Waals surface area contributed by atoms with Gasteiger partial charge in [0.15, 0.2) is 0 Å². The number of carbonyl (C=O) groups excluding carboxylic acids is 3. The third-order valence-corrected chi connectivity index (χ3v) is 9.79. The van der Waals surface area contributed by atoms with Crippen LogP contribution in [0.3, 0.4) is 0 Å². The Hall–Kier alpha value is -2.73. The first-order valence-corrected chi connectivity index (χ1v) is 16.2. The van der Waals surface area contributed by atoms with Crippen molar-refractivity contribution in [2.75, 3.05) is 36.7 Å². The van der Waals surface area contributed by atoms with Crippen LogP contribution in [0.1, 0.15) is 32.3 Å². The molecule has 9 nitrogen and oxygen atoms in total. The molecule has 0 aromatic heterocycles. The van der Waals surface area contributed by atoms with Gasteiger partial charge in [0.2, 0.25) is 5.91 Å². The minimum absolute atomic E-state index is 0.177. The lowest BCUT2D eigenvalue weighted by atomic mass is 10.0. The van der Waals surface area contributed by atoms with E-state index in [1.54, 1.807) is 22.5 Å². The zero-order chi connectivity index (χ0) is 28.0. The molecule has 1 saturated heterocycles. The van der Waals surface area contributed by atoms with E-state index >= 15 is 0 Å². The molecule has 1 fully saturated rings. The lowest BCUT2D eigenvalue weighted by molar-refractivity contribution is -0.156. The largest absolute Gasteiger partial charge is 0.350 e. The summed E-state index contributed by atoms with van der Waals surface area (Å²) in [4.78, 5) is 40.6. The molecule has 1 aromatic carbocycles. The fourth-order valence-electron chi connectivity index (χ4n) is 4.58. The van der Waals surface area contributed by atoms with Crippen molar-refractivity contribution in [1.29, 1.82) is 0 Å². The maximum atomic E-state index is 13.1. The highest BCUT2D eigenvalue weighted by molar-refractivity contribution is 8.35. The molecule has 2 unspecified atom stereocenters. The van der Waals surface area contributed by atoms with E-state index in [0.29, 0.717) is 31.8 Å². The standard InChI is InChI=1S/C28H39N5O4S2/c1-3-32-13-14-33(28(36)27(32)35)18-26(34)30-25(24(29)19-38-20(2)22-7-5-4-6-8-22)17-21-9-11-23(12-10-21)31-39(37)15-16-39/h5,7-12,15-16,20,24-25,31,37H,3-4,6,13-14,17-19,29H2,1-2H3,(H,30,34)/t20?,24?,25-/m0/s1. The molecule has 0 bridgehead atoms. The van der Waals surface area contributed by atoms with Gasteiger partial charge in [0.05, 0.1) is 0 Å². The molecule has 4 rings (SSSR count). The maximum Gasteiger partial charge on any atom is 0.312 e. The molecule has 5 N–H and O–H groups in total. The molecule has 3 aliphatic rings. The SMILES string of the molecule is CCN1CCN(CC(=O)N[C@@H](Cc2ccc(NS3(O)=CC=3)cc2)C(N)CSC(C)C2=CCCC=C2)C(=O)C1=O. The van der Waals surface area contributed by atoms with Crippen LogP contribution < -0.4 is 15.8 Å². The van der Waals surface area contributed by atoms with Crippen molar-refractivity contribution in [3.05, 3.63) is 53.6 Å². The van der Waals surface area contributed by atoms with Gasteiger partial charge in [-0.1, -0.05) is 30.4 Å². The first-order chi connectivity index (χ1) is 18.7. The fourth-order valence-corrected chi connectivity index (χ4v) is 6.76. The third kappa shape index (κ3) is 8.14. The van der Waals surface area contributed by atoms with E-state index in [9.17, 15) is 18.9 Å². The van der Waals surface area contributed by atoms with Gasteiger partial charge in [-0.3, -0.25) is 14.4 Å². The number of nitrogens with one attached hydrogen (secondary N) is 2. The molecule has 11 heteroatoms. The number of hydrogen-bond acceptors (Lipinski definition) is 7. The highest BCUT2D eigenvalue weighted by Gasteiger charge is 2.33. The lowest BCUT2D eigenvalue weighted by Gasteiger charge is -2.33. The van der Waals surface area contributed by atoms with Crippen molar-refractivity contribution >= 4 is 55.6 Å².